The number of rotatable bonds is 4. The number of nitrogens with zero attached hydrogens (tertiary/aromatic N) is 1. The maximum atomic E-state index is 12.0. The van der Waals surface area contributed by atoms with Crippen LogP contribution in [0.3, 0.4) is 0 Å². The van der Waals surface area contributed by atoms with Crippen molar-refractivity contribution in [3.8, 4) is 5.75 Å². The molecule has 0 unspecified atom stereocenters. The van der Waals surface area contributed by atoms with Crippen LogP contribution < -0.4 is 15.4 Å². The topological polar surface area (TPSA) is 63.2 Å². The summed E-state index contributed by atoms with van der Waals surface area (Å²) >= 11 is 6.46. The fraction of sp³-hybridized carbons (Fsp3) is 0.214. The molecule has 5 nitrogen and oxygen atoms in total. The molecule has 0 aliphatic rings. The zero-order valence-corrected chi connectivity index (χ0v) is 13.3. The summed E-state index contributed by atoms with van der Waals surface area (Å²) in [4.78, 5) is 16.0. The molecular formula is C14H15N3O2S2. The van der Waals surface area contributed by atoms with E-state index in [-0.39, 0.29) is 17.1 Å². The summed E-state index contributed by atoms with van der Waals surface area (Å²) in [7, 11) is 0. The molecule has 21 heavy (non-hydrogen) atoms. The van der Waals surface area contributed by atoms with Gasteiger partial charge in [0.1, 0.15) is 5.75 Å². The number of nitrogens with one attached hydrogen (secondary N) is 2. The Labute approximate surface area is 132 Å². The second-order valence-corrected chi connectivity index (χ2v) is 5.74. The van der Waals surface area contributed by atoms with E-state index in [1.165, 1.54) is 11.3 Å². The maximum Gasteiger partial charge on any atom is 0.257 e. The maximum absolute atomic E-state index is 12.0. The van der Waals surface area contributed by atoms with Crippen LogP contribution in [0, 0.1) is 0 Å². The van der Waals surface area contributed by atoms with E-state index >= 15 is 0 Å². The molecule has 0 saturated heterocycles. The van der Waals surface area contributed by atoms with Crippen LogP contribution in [0.25, 0.3) is 0 Å². The molecule has 7 heteroatoms. The molecule has 2 aromatic rings. The predicted molar refractivity (Wildman–Crippen MR) is 88.0 cm³/mol. The number of hydrogen-bond acceptors (Lipinski definition) is 5. The summed E-state index contributed by atoms with van der Waals surface area (Å²) in [5, 5.41) is 8.12. The average Bonchev–Trinajstić information content (AvgIpc) is 2.91. The van der Waals surface area contributed by atoms with Gasteiger partial charge in [0.25, 0.3) is 5.91 Å². The van der Waals surface area contributed by atoms with Gasteiger partial charge >= 0.3 is 0 Å². The number of thiazole rings is 1. The summed E-state index contributed by atoms with van der Waals surface area (Å²) in [5.41, 5.74) is 0.509. The Hall–Kier alpha value is -1.99. The highest BCUT2D eigenvalue weighted by atomic mass is 32.1. The van der Waals surface area contributed by atoms with E-state index in [2.05, 4.69) is 15.6 Å². The van der Waals surface area contributed by atoms with Crippen molar-refractivity contribution in [3.05, 3.63) is 41.4 Å². The van der Waals surface area contributed by atoms with Crippen LogP contribution in [0.5, 0.6) is 5.75 Å². The average molecular weight is 321 g/mol. The molecule has 110 valence electrons. The van der Waals surface area contributed by atoms with E-state index in [4.69, 9.17) is 17.0 Å². The van der Waals surface area contributed by atoms with Gasteiger partial charge in [-0.2, -0.15) is 0 Å². The number of benzene rings is 1. The third-order valence-corrected chi connectivity index (χ3v) is 3.26. The number of anilines is 1. The Kier molecular flexibility index (Phi) is 5.24. The van der Waals surface area contributed by atoms with E-state index in [1.54, 1.807) is 30.5 Å². The van der Waals surface area contributed by atoms with Gasteiger partial charge < -0.3 is 10.1 Å². The minimum atomic E-state index is -0.278. The smallest absolute Gasteiger partial charge is 0.257 e. The third kappa shape index (κ3) is 4.80. The van der Waals surface area contributed by atoms with Gasteiger partial charge in [-0.15, -0.1) is 11.3 Å². The van der Waals surface area contributed by atoms with Crippen molar-refractivity contribution in [2.45, 2.75) is 20.0 Å². The number of aromatic nitrogens is 1. The van der Waals surface area contributed by atoms with Crippen LogP contribution in [0.4, 0.5) is 5.13 Å². The number of hydrogen-bond donors (Lipinski definition) is 2. The third-order valence-electron chi connectivity index (χ3n) is 2.37. The lowest BCUT2D eigenvalue weighted by atomic mass is 10.2. The van der Waals surface area contributed by atoms with Crippen LogP contribution in [0.1, 0.15) is 24.2 Å². The Balaban J connectivity index is 1.92. The van der Waals surface area contributed by atoms with Gasteiger partial charge in [0.2, 0.25) is 0 Å². The Morgan fingerprint density at radius 1 is 1.33 bits per heavy atom. The molecule has 2 rings (SSSR count). The van der Waals surface area contributed by atoms with Crippen molar-refractivity contribution >= 4 is 39.7 Å². The number of carbonyl (C=O) groups excluding carboxylic acids is 1. The Morgan fingerprint density at radius 2 is 2.05 bits per heavy atom. The summed E-state index contributed by atoms with van der Waals surface area (Å²) in [6.07, 6.45) is 1.75. The van der Waals surface area contributed by atoms with Crippen molar-refractivity contribution in [2.24, 2.45) is 0 Å². The monoisotopic (exact) mass is 321 g/mol. The van der Waals surface area contributed by atoms with Gasteiger partial charge in [0.15, 0.2) is 10.2 Å². The molecule has 1 amide bonds. The number of ether oxygens (including phenoxy) is 1. The minimum absolute atomic E-state index is 0.0970. The summed E-state index contributed by atoms with van der Waals surface area (Å²) < 4.78 is 5.52. The molecule has 0 saturated carbocycles. The van der Waals surface area contributed by atoms with Gasteiger partial charge in [-0.3, -0.25) is 10.1 Å². The molecule has 0 aliphatic heterocycles. The van der Waals surface area contributed by atoms with Crippen LogP contribution in [0.2, 0.25) is 0 Å². The Morgan fingerprint density at radius 3 is 2.62 bits per heavy atom. The molecule has 0 radical (unpaired) electrons. The van der Waals surface area contributed by atoms with Gasteiger partial charge in [-0.05, 0) is 50.3 Å². The Bertz CT molecular complexity index is 610. The number of carbonyl (C=O) groups is 1. The molecule has 0 fully saturated rings. The molecule has 0 atom stereocenters. The zero-order valence-electron chi connectivity index (χ0n) is 11.6. The van der Waals surface area contributed by atoms with E-state index < -0.39 is 0 Å². The van der Waals surface area contributed by atoms with Crippen molar-refractivity contribution in [3.63, 3.8) is 0 Å². The van der Waals surface area contributed by atoms with Crippen LogP contribution in [-0.4, -0.2) is 22.1 Å². The lowest BCUT2D eigenvalue weighted by Gasteiger charge is -2.10. The van der Waals surface area contributed by atoms with Gasteiger partial charge in [0.05, 0.1) is 6.10 Å². The molecule has 1 aromatic carbocycles. The van der Waals surface area contributed by atoms with Crippen LogP contribution >= 0.6 is 23.6 Å². The lowest BCUT2D eigenvalue weighted by molar-refractivity contribution is 0.0977. The highest BCUT2D eigenvalue weighted by Gasteiger charge is 2.09. The highest BCUT2D eigenvalue weighted by molar-refractivity contribution is 7.80. The second kappa shape index (κ2) is 7.14. The molecule has 1 aromatic heterocycles. The van der Waals surface area contributed by atoms with Gasteiger partial charge in [-0.1, -0.05) is 0 Å². The fourth-order valence-electron chi connectivity index (χ4n) is 1.55. The summed E-state index contributed by atoms with van der Waals surface area (Å²) in [6.45, 7) is 3.90. The number of thiocarbonyl (C=S) groups is 1. The zero-order chi connectivity index (χ0) is 15.2. The SMILES string of the molecule is CC(C)Oc1ccc(C(=O)NC(=S)Nc2nccs2)cc1. The van der Waals surface area contributed by atoms with Gasteiger partial charge in [-0.25, -0.2) is 4.98 Å². The van der Waals surface area contributed by atoms with Crippen LogP contribution in [-0.2, 0) is 0 Å². The normalized spacial score (nSPS) is 10.2. The largest absolute Gasteiger partial charge is 0.491 e. The van der Waals surface area contributed by atoms with Crippen molar-refractivity contribution in [2.75, 3.05) is 5.32 Å². The van der Waals surface area contributed by atoms with Crippen molar-refractivity contribution in [1.29, 1.82) is 0 Å². The quantitative estimate of drug-likeness (QED) is 0.848. The first-order valence-corrected chi connectivity index (χ1v) is 7.62. The molecule has 0 bridgehead atoms. The highest BCUT2D eigenvalue weighted by Crippen LogP contribution is 2.14. The molecule has 0 aliphatic carbocycles. The predicted octanol–water partition coefficient (Wildman–Crippen LogP) is 3.06. The fourth-order valence-corrected chi connectivity index (χ4v) is 2.33. The first-order valence-electron chi connectivity index (χ1n) is 6.33. The summed E-state index contributed by atoms with van der Waals surface area (Å²) in [5.74, 6) is 0.449. The van der Waals surface area contributed by atoms with E-state index in [9.17, 15) is 4.79 Å². The first kappa shape index (κ1) is 15.4. The van der Waals surface area contributed by atoms with E-state index in [0.29, 0.717) is 10.7 Å². The van der Waals surface area contributed by atoms with Crippen molar-refractivity contribution in [1.82, 2.24) is 10.3 Å². The van der Waals surface area contributed by atoms with E-state index in [1.807, 2.05) is 19.2 Å². The number of amides is 1. The first-order chi connectivity index (χ1) is 10.0. The van der Waals surface area contributed by atoms with Gasteiger partial charge in [0, 0.05) is 17.1 Å². The lowest BCUT2D eigenvalue weighted by Crippen LogP contribution is -2.34. The van der Waals surface area contributed by atoms with E-state index in [0.717, 1.165) is 5.75 Å². The second-order valence-electron chi connectivity index (χ2n) is 4.44. The minimum Gasteiger partial charge on any atom is -0.491 e. The van der Waals surface area contributed by atoms with Crippen molar-refractivity contribution < 1.29 is 9.53 Å². The van der Waals surface area contributed by atoms with Crippen LogP contribution in [0.15, 0.2) is 35.8 Å². The molecule has 2 N–H and O–H groups in total. The summed E-state index contributed by atoms with van der Waals surface area (Å²) in [6, 6.07) is 6.90. The molecule has 0 spiro atoms. The standard InChI is InChI=1S/C14H15N3O2S2/c1-9(2)19-11-5-3-10(4-6-11)12(18)16-13(20)17-14-15-7-8-21-14/h3-9H,1-2H3,(H2,15,16,17,18,20). The molecule has 1 heterocycles. The molecular weight excluding hydrogens is 306 g/mol.